The Labute approximate surface area is 182 Å². The fourth-order valence-electron chi connectivity index (χ4n) is 4.23. The SMILES string of the molecule is COc1cccc(C2(O)CCN(C(=O)Cc3cccc([N+](=O)[O-])c3)CC2CN(C)C)c1. The molecule has 0 aliphatic carbocycles. The van der Waals surface area contributed by atoms with Crippen LogP contribution in [0.5, 0.6) is 5.75 Å². The highest BCUT2D eigenvalue weighted by molar-refractivity contribution is 5.79. The Morgan fingerprint density at radius 2 is 2.03 bits per heavy atom. The number of hydrogen-bond donors (Lipinski definition) is 1. The van der Waals surface area contributed by atoms with Crippen LogP contribution in [0.25, 0.3) is 0 Å². The molecule has 166 valence electrons. The first-order valence-electron chi connectivity index (χ1n) is 10.3. The predicted molar refractivity (Wildman–Crippen MR) is 117 cm³/mol. The van der Waals surface area contributed by atoms with Crippen LogP contribution in [0.4, 0.5) is 5.69 Å². The van der Waals surface area contributed by atoms with E-state index in [1.807, 2.05) is 43.3 Å². The Morgan fingerprint density at radius 3 is 2.71 bits per heavy atom. The smallest absolute Gasteiger partial charge is 0.269 e. The quantitative estimate of drug-likeness (QED) is 0.539. The number of non-ortho nitro benzene ring substituents is 1. The summed E-state index contributed by atoms with van der Waals surface area (Å²) in [4.78, 5) is 27.3. The Morgan fingerprint density at radius 1 is 1.29 bits per heavy atom. The van der Waals surface area contributed by atoms with E-state index < -0.39 is 10.5 Å². The van der Waals surface area contributed by atoms with Crippen LogP contribution in [0.2, 0.25) is 0 Å². The maximum absolute atomic E-state index is 13.0. The first-order chi connectivity index (χ1) is 14.7. The van der Waals surface area contributed by atoms with Gasteiger partial charge in [0.2, 0.25) is 5.91 Å². The number of piperidine rings is 1. The molecule has 1 aliphatic heterocycles. The van der Waals surface area contributed by atoms with Gasteiger partial charge in [-0.05, 0) is 43.8 Å². The van der Waals surface area contributed by atoms with Gasteiger partial charge in [-0.25, -0.2) is 0 Å². The van der Waals surface area contributed by atoms with Crippen LogP contribution in [0.3, 0.4) is 0 Å². The molecule has 1 amide bonds. The number of amides is 1. The molecule has 0 bridgehead atoms. The highest BCUT2D eigenvalue weighted by atomic mass is 16.6. The van der Waals surface area contributed by atoms with E-state index in [1.54, 1.807) is 24.1 Å². The summed E-state index contributed by atoms with van der Waals surface area (Å²) in [6, 6.07) is 13.6. The van der Waals surface area contributed by atoms with E-state index in [0.717, 1.165) is 5.56 Å². The number of rotatable bonds is 7. The molecule has 1 N–H and O–H groups in total. The summed E-state index contributed by atoms with van der Waals surface area (Å²) in [6.45, 7) is 1.42. The molecule has 8 nitrogen and oxygen atoms in total. The third-order valence-corrected chi connectivity index (χ3v) is 5.86. The van der Waals surface area contributed by atoms with Crippen molar-refractivity contribution in [1.82, 2.24) is 9.80 Å². The van der Waals surface area contributed by atoms with Gasteiger partial charge in [-0.1, -0.05) is 24.3 Å². The molecular formula is C23H29N3O5. The number of benzene rings is 2. The molecule has 2 unspecified atom stereocenters. The van der Waals surface area contributed by atoms with E-state index in [1.165, 1.54) is 12.1 Å². The lowest BCUT2D eigenvalue weighted by molar-refractivity contribution is -0.384. The average molecular weight is 428 g/mol. The van der Waals surface area contributed by atoms with Gasteiger partial charge in [0, 0.05) is 37.7 Å². The van der Waals surface area contributed by atoms with Gasteiger partial charge in [-0.15, -0.1) is 0 Å². The summed E-state index contributed by atoms with van der Waals surface area (Å²) in [5, 5.41) is 22.7. The van der Waals surface area contributed by atoms with E-state index in [9.17, 15) is 20.0 Å². The lowest BCUT2D eigenvalue weighted by atomic mass is 9.75. The second-order valence-corrected chi connectivity index (χ2v) is 8.31. The van der Waals surface area contributed by atoms with Crippen LogP contribution in [-0.4, -0.2) is 66.6 Å². The molecular weight excluding hydrogens is 398 g/mol. The number of carbonyl (C=O) groups excluding carboxylic acids is 1. The van der Waals surface area contributed by atoms with Crippen LogP contribution in [0.15, 0.2) is 48.5 Å². The molecule has 0 aromatic heterocycles. The summed E-state index contributed by atoms with van der Waals surface area (Å²) in [5.74, 6) is 0.382. The molecule has 0 spiro atoms. The van der Waals surface area contributed by atoms with Crippen LogP contribution in [0.1, 0.15) is 17.5 Å². The van der Waals surface area contributed by atoms with E-state index in [-0.39, 0.29) is 23.9 Å². The second kappa shape index (κ2) is 9.45. The Balaban J connectivity index is 1.79. The van der Waals surface area contributed by atoms with Crippen molar-refractivity contribution in [3.05, 3.63) is 69.8 Å². The molecule has 2 aromatic rings. The van der Waals surface area contributed by atoms with Crippen molar-refractivity contribution < 1.29 is 19.6 Å². The number of nitrogens with zero attached hydrogens (tertiary/aromatic N) is 3. The number of methoxy groups -OCH3 is 1. The topological polar surface area (TPSA) is 96.1 Å². The molecule has 1 fully saturated rings. The van der Waals surface area contributed by atoms with Crippen molar-refractivity contribution in [3.63, 3.8) is 0 Å². The number of hydrogen-bond acceptors (Lipinski definition) is 6. The number of nitro groups is 1. The maximum Gasteiger partial charge on any atom is 0.269 e. The minimum Gasteiger partial charge on any atom is -0.497 e. The zero-order valence-corrected chi connectivity index (χ0v) is 18.2. The van der Waals surface area contributed by atoms with Crippen LogP contribution in [0, 0.1) is 16.0 Å². The second-order valence-electron chi connectivity index (χ2n) is 8.31. The zero-order chi connectivity index (χ0) is 22.6. The standard InChI is InChI=1S/C23H29N3O5/c1-24(2)15-19-16-25(22(27)13-17-6-4-8-20(12-17)26(29)30)11-10-23(19,28)18-7-5-9-21(14-18)31-3/h4-9,12,14,19,28H,10-11,13,15-16H2,1-3H3. The van der Waals surface area contributed by atoms with Gasteiger partial charge in [-0.2, -0.15) is 0 Å². The first-order valence-corrected chi connectivity index (χ1v) is 10.3. The minimum absolute atomic E-state index is 0.0261. The van der Waals surface area contributed by atoms with Gasteiger partial charge in [0.05, 0.1) is 24.1 Å². The highest BCUT2D eigenvalue weighted by Gasteiger charge is 2.44. The van der Waals surface area contributed by atoms with Crippen molar-refractivity contribution in [2.45, 2.75) is 18.4 Å². The van der Waals surface area contributed by atoms with E-state index in [4.69, 9.17) is 4.74 Å². The van der Waals surface area contributed by atoms with Crippen molar-refractivity contribution in [3.8, 4) is 5.75 Å². The fourth-order valence-corrected chi connectivity index (χ4v) is 4.23. The first kappa shape index (κ1) is 22.7. The Bertz CT molecular complexity index is 948. The number of likely N-dealkylation sites (tertiary alicyclic amines) is 1. The molecule has 2 atom stereocenters. The Kier molecular flexibility index (Phi) is 6.92. The molecule has 0 saturated carbocycles. The third-order valence-electron chi connectivity index (χ3n) is 5.86. The van der Waals surface area contributed by atoms with Crippen LogP contribution >= 0.6 is 0 Å². The molecule has 1 heterocycles. The van der Waals surface area contributed by atoms with Crippen molar-refractivity contribution in [2.75, 3.05) is 40.8 Å². The molecule has 8 heteroatoms. The Hall–Kier alpha value is -2.97. The largest absolute Gasteiger partial charge is 0.497 e. The van der Waals surface area contributed by atoms with Gasteiger partial charge in [0.1, 0.15) is 5.75 Å². The van der Waals surface area contributed by atoms with Crippen molar-refractivity contribution in [2.24, 2.45) is 5.92 Å². The summed E-state index contributed by atoms with van der Waals surface area (Å²) in [6.07, 6.45) is 0.493. The number of carbonyl (C=O) groups is 1. The monoisotopic (exact) mass is 427 g/mol. The predicted octanol–water partition coefficient (Wildman–Crippen LogP) is 2.44. The number of ether oxygens (including phenoxy) is 1. The summed E-state index contributed by atoms with van der Waals surface area (Å²) >= 11 is 0. The normalized spacial score (nSPS) is 21.2. The van der Waals surface area contributed by atoms with E-state index >= 15 is 0 Å². The molecule has 1 saturated heterocycles. The third kappa shape index (κ3) is 5.21. The van der Waals surface area contributed by atoms with E-state index in [0.29, 0.717) is 37.4 Å². The molecule has 0 radical (unpaired) electrons. The van der Waals surface area contributed by atoms with Gasteiger partial charge in [-0.3, -0.25) is 14.9 Å². The molecule has 3 rings (SSSR count). The fraction of sp³-hybridized carbons (Fsp3) is 0.435. The zero-order valence-electron chi connectivity index (χ0n) is 18.2. The van der Waals surface area contributed by atoms with Crippen molar-refractivity contribution >= 4 is 11.6 Å². The number of aliphatic hydroxyl groups is 1. The van der Waals surface area contributed by atoms with Gasteiger partial charge in [0.25, 0.3) is 5.69 Å². The average Bonchev–Trinajstić information content (AvgIpc) is 2.75. The minimum atomic E-state index is -1.08. The van der Waals surface area contributed by atoms with Crippen LogP contribution < -0.4 is 4.74 Å². The van der Waals surface area contributed by atoms with Crippen molar-refractivity contribution in [1.29, 1.82) is 0 Å². The number of nitro benzene ring substituents is 1. The lowest BCUT2D eigenvalue weighted by Crippen LogP contribution is -2.54. The maximum atomic E-state index is 13.0. The summed E-state index contributed by atoms with van der Waals surface area (Å²) in [7, 11) is 5.47. The molecule has 31 heavy (non-hydrogen) atoms. The van der Waals surface area contributed by atoms with E-state index in [2.05, 4.69) is 0 Å². The summed E-state index contributed by atoms with van der Waals surface area (Å²) < 4.78 is 5.33. The lowest BCUT2D eigenvalue weighted by Gasteiger charge is -2.46. The van der Waals surface area contributed by atoms with Crippen LogP contribution in [-0.2, 0) is 16.8 Å². The van der Waals surface area contributed by atoms with Gasteiger partial charge < -0.3 is 19.6 Å². The molecule has 2 aromatic carbocycles. The van der Waals surface area contributed by atoms with Gasteiger partial charge >= 0.3 is 0 Å². The van der Waals surface area contributed by atoms with Gasteiger partial charge in [0.15, 0.2) is 0 Å². The highest BCUT2D eigenvalue weighted by Crippen LogP contribution is 2.39. The summed E-state index contributed by atoms with van der Waals surface area (Å²) in [5.41, 5.74) is 0.282. The molecule has 1 aliphatic rings.